The van der Waals surface area contributed by atoms with E-state index in [4.69, 9.17) is 22.1 Å². The van der Waals surface area contributed by atoms with Crippen molar-refractivity contribution < 1.29 is 18.7 Å². The van der Waals surface area contributed by atoms with Crippen molar-refractivity contribution in [2.75, 3.05) is 7.11 Å². The number of hydrogen-bond donors (Lipinski definition) is 1. The Hall–Kier alpha value is -3.35. The molecule has 0 saturated heterocycles. The fourth-order valence-electron chi connectivity index (χ4n) is 3.22. The van der Waals surface area contributed by atoms with Crippen LogP contribution in [0.15, 0.2) is 59.6 Å². The lowest BCUT2D eigenvalue weighted by Crippen LogP contribution is -2.18. The zero-order valence-electron chi connectivity index (χ0n) is 17.0. The van der Waals surface area contributed by atoms with Crippen LogP contribution in [0.5, 0.6) is 0 Å². The van der Waals surface area contributed by atoms with Crippen molar-refractivity contribution in [3.63, 3.8) is 0 Å². The lowest BCUT2D eigenvalue weighted by molar-refractivity contribution is 0.100. The molecule has 31 heavy (non-hydrogen) atoms. The van der Waals surface area contributed by atoms with E-state index in [0.29, 0.717) is 12.9 Å². The highest BCUT2D eigenvalue weighted by Gasteiger charge is 2.15. The molecule has 0 spiro atoms. The smallest absolute Gasteiger partial charge is 0.278 e. The number of halogens is 2. The molecule has 0 aromatic heterocycles. The molecule has 0 unspecified atom stereocenters. The number of ether oxygens (including phenoxy) is 1. The quantitative estimate of drug-likeness (QED) is 0.335. The van der Waals surface area contributed by atoms with Gasteiger partial charge in [0.05, 0.1) is 17.2 Å². The van der Waals surface area contributed by atoms with Gasteiger partial charge in [0.25, 0.3) is 5.91 Å². The summed E-state index contributed by atoms with van der Waals surface area (Å²) < 4.78 is 19.6. The van der Waals surface area contributed by atoms with Gasteiger partial charge in [0.15, 0.2) is 6.29 Å². The van der Waals surface area contributed by atoms with Gasteiger partial charge in [-0.05, 0) is 53.4 Å². The molecule has 0 radical (unpaired) electrons. The van der Waals surface area contributed by atoms with Crippen LogP contribution >= 0.6 is 11.6 Å². The average Bonchev–Trinajstić information content (AvgIpc) is 2.75. The van der Waals surface area contributed by atoms with Crippen molar-refractivity contribution in [3.8, 4) is 11.1 Å². The molecule has 0 aliphatic rings. The maximum Gasteiger partial charge on any atom is 0.278 e. The third-order valence-corrected chi connectivity index (χ3v) is 5.13. The van der Waals surface area contributed by atoms with Crippen LogP contribution in [0.1, 0.15) is 37.4 Å². The van der Waals surface area contributed by atoms with E-state index in [1.165, 1.54) is 6.07 Å². The molecular weight excluding hydrogens is 419 g/mol. The van der Waals surface area contributed by atoms with E-state index in [2.05, 4.69) is 4.99 Å². The minimum Gasteiger partial charge on any atom is -0.383 e. The molecule has 3 aromatic rings. The molecule has 0 heterocycles. The number of carbonyl (C=O) groups is 2. The third-order valence-electron chi connectivity index (χ3n) is 4.80. The number of amidine groups is 1. The number of amides is 1. The summed E-state index contributed by atoms with van der Waals surface area (Å²) in [5.74, 6) is -1.77. The van der Waals surface area contributed by atoms with Crippen LogP contribution in [0.3, 0.4) is 0 Å². The Morgan fingerprint density at radius 1 is 1.16 bits per heavy atom. The lowest BCUT2D eigenvalue weighted by atomic mass is 9.94. The molecule has 0 atom stereocenters. The molecule has 0 bridgehead atoms. The van der Waals surface area contributed by atoms with Crippen LogP contribution < -0.4 is 5.73 Å². The Labute approximate surface area is 184 Å². The second kappa shape index (κ2) is 9.64. The first-order valence-corrected chi connectivity index (χ1v) is 9.74. The first kappa shape index (κ1) is 22.3. The highest BCUT2D eigenvalue weighted by molar-refractivity contribution is 6.33. The SMILES string of the molecule is COCc1cc(C(=O)N=C(N)c2cc(Cl)c(C=O)cc2F)ccc1-c1ccccc1C. The Morgan fingerprint density at radius 3 is 2.58 bits per heavy atom. The van der Waals surface area contributed by atoms with Crippen LogP contribution in [-0.2, 0) is 11.3 Å². The molecule has 5 nitrogen and oxygen atoms in total. The summed E-state index contributed by atoms with van der Waals surface area (Å²) in [5.41, 5.74) is 9.83. The fourth-order valence-corrected chi connectivity index (χ4v) is 3.43. The minimum absolute atomic E-state index is 0.0157. The molecule has 7 heteroatoms. The number of rotatable bonds is 6. The predicted molar refractivity (Wildman–Crippen MR) is 119 cm³/mol. The van der Waals surface area contributed by atoms with E-state index in [-0.39, 0.29) is 27.5 Å². The van der Waals surface area contributed by atoms with Gasteiger partial charge >= 0.3 is 0 Å². The lowest BCUT2D eigenvalue weighted by Gasteiger charge is -2.13. The topological polar surface area (TPSA) is 81.8 Å². The van der Waals surface area contributed by atoms with Crippen LogP contribution in [0, 0.1) is 12.7 Å². The molecule has 3 rings (SSSR count). The van der Waals surface area contributed by atoms with Crippen LogP contribution in [0.4, 0.5) is 4.39 Å². The number of carbonyl (C=O) groups excluding carboxylic acids is 2. The van der Waals surface area contributed by atoms with Crippen molar-refractivity contribution in [1.29, 1.82) is 0 Å². The summed E-state index contributed by atoms with van der Waals surface area (Å²) in [6, 6.07) is 15.2. The van der Waals surface area contributed by atoms with Gasteiger partial charge in [-0.25, -0.2) is 4.39 Å². The summed E-state index contributed by atoms with van der Waals surface area (Å²) in [5, 5.41) is 0.0157. The molecule has 0 aliphatic heterocycles. The molecule has 2 N–H and O–H groups in total. The van der Waals surface area contributed by atoms with Crippen LogP contribution in [-0.4, -0.2) is 25.1 Å². The highest BCUT2D eigenvalue weighted by atomic mass is 35.5. The van der Waals surface area contributed by atoms with E-state index in [0.717, 1.165) is 28.3 Å². The molecule has 0 fully saturated rings. The number of methoxy groups -OCH3 is 1. The normalized spacial score (nSPS) is 11.4. The molecular formula is C24H20ClFN2O3. The summed E-state index contributed by atoms with van der Waals surface area (Å²) in [6.07, 6.45) is 0.432. The maximum absolute atomic E-state index is 14.3. The van der Waals surface area contributed by atoms with Gasteiger partial charge in [0.1, 0.15) is 11.7 Å². The number of nitrogens with two attached hydrogens (primary N) is 1. The van der Waals surface area contributed by atoms with Gasteiger partial charge in [0, 0.05) is 18.2 Å². The largest absolute Gasteiger partial charge is 0.383 e. The minimum atomic E-state index is -0.796. The van der Waals surface area contributed by atoms with Gasteiger partial charge in [-0.2, -0.15) is 4.99 Å². The van der Waals surface area contributed by atoms with Crippen molar-refractivity contribution >= 4 is 29.6 Å². The molecule has 3 aromatic carbocycles. The zero-order valence-corrected chi connectivity index (χ0v) is 17.7. The van der Waals surface area contributed by atoms with Crippen molar-refractivity contribution in [2.24, 2.45) is 10.7 Å². The van der Waals surface area contributed by atoms with Crippen LogP contribution in [0.25, 0.3) is 11.1 Å². The van der Waals surface area contributed by atoms with Gasteiger partial charge in [-0.15, -0.1) is 0 Å². The van der Waals surface area contributed by atoms with E-state index in [9.17, 15) is 14.0 Å². The number of aryl methyl sites for hydroxylation is 1. The molecule has 1 amide bonds. The van der Waals surface area contributed by atoms with Gasteiger partial charge < -0.3 is 10.5 Å². The number of aldehydes is 1. The van der Waals surface area contributed by atoms with E-state index >= 15 is 0 Å². The van der Waals surface area contributed by atoms with Crippen LogP contribution in [0.2, 0.25) is 5.02 Å². The number of benzene rings is 3. The maximum atomic E-state index is 14.3. The third kappa shape index (κ3) is 4.87. The van der Waals surface area contributed by atoms with Crippen molar-refractivity contribution in [3.05, 3.63) is 93.3 Å². The fraction of sp³-hybridized carbons (Fsp3) is 0.125. The second-order valence-electron chi connectivity index (χ2n) is 6.89. The number of hydrogen-bond acceptors (Lipinski definition) is 3. The second-order valence-corrected chi connectivity index (χ2v) is 7.30. The van der Waals surface area contributed by atoms with Gasteiger partial charge in [-0.1, -0.05) is 41.9 Å². The summed E-state index contributed by atoms with van der Waals surface area (Å²) in [7, 11) is 1.57. The first-order chi connectivity index (χ1) is 14.8. The van der Waals surface area contributed by atoms with Crippen molar-refractivity contribution in [1.82, 2.24) is 0 Å². The first-order valence-electron chi connectivity index (χ1n) is 9.36. The molecule has 0 aliphatic carbocycles. The Bertz CT molecular complexity index is 1190. The summed E-state index contributed by atoms with van der Waals surface area (Å²) in [6.45, 7) is 2.30. The number of aliphatic imine (C=N–C) groups is 1. The average molecular weight is 439 g/mol. The molecule has 0 saturated carbocycles. The van der Waals surface area contributed by atoms with Crippen molar-refractivity contribution in [2.45, 2.75) is 13.5 Å². The predicted octanol–water partition coefficient (Wildman–Crippen LogP) is 4.96. The van der Waals surface area contributed by atoms with Gasteiger partial charge in [-0.3, -0.25) is 9.59 Å². The summed E-state index contributed by atoms with van der Waals surface area (Å²) >= 11 is 5.94. The summed E-state index contributed by atoms with van der Waals surface area (Å²) in [4.78, 5) is 27.4. The molecule has 158 valence electrons. The Kier molecular flexibility index (Phi) is 6.95. The zero-order chi connectivity index (χ0) is 22.5. The standard InChI is InChI=1S/C24H20ClFN2O3/c1-14-5-3-4-6-18(14)19-8-7-15(9-17(19)13-31-2)24(30)28-23(27)20-11-21(25)16(12-29)10-22(20)26/h3-12H,13H2,1-2H3,(H2,27,28,30). The van der Waals surface area contributed by atoms with E-state index in [1.807, 2.05) is 37.3 Å². The van der Waals surface area contributed by atoms with E-state index in [1.54, 1.807) is 19.2 Å². The van der Waals surface area contributed by atoms with E-state index < -0.39 is 11.7 Å². The Balaban J connectivity index is 1.98. The highest BCUT2D eigenvalue weighted by Crippen LogP contribution is 2.28. The Morgan fingerprint density at radius 2 is 1.90 bits per heavy atom. The van der Waals surface area contributed by atoms with Gasteiger partial charge in [0.2, 0.25) is 0 Å². The monoisotopic (exact) mass is 438 g/mol. The number of nitrogens with zero attached hydrogens (tertiary/aromatic N) is 1.